The molecule has 2 fully saturated rings. The molecule has 2 amide bonds. The molecule has 1 aromatic carbocycles. The Bertz CT molecular complexity index is 690. The summed E-state index contributed by atoms with van der Waals surface area (Å²) in [6.07, 6.45) is 2.44. The number of likely N-dealkylation sites (tertiary alicyclic amines) is 1. The van der Waals surface area contributed by atoms with Gasteiger partial charge in [0.25, 0.3) is 0 Å². The molecule has 1 unspecified atom stereocenters. The molecule has 3 rings (SSSR count). The van der Waals surface area contributed by atoms with Crippen molar-refractivity contribution in [2.24, 2.45) is 5.41 Å². The van der Waals surface area contributed by atoms with Gasteiger partial charge in [0.1, 0.15) is 0 Å². The number of sulfone groups is 1. The van der Waals surface area contributed by atoms with Crippen molar-refractivity contribution in [3.63, 3.8) is 0 Å². The summed E-state index contributed by atoms with van der Waals surface area (Å²) >= 11 is 5.84. The van der Waals surface area contributed by atoms with E-state index in [0.29, 0.717) is 31.1 Å². The molecule has 5 nitrogen and oxygen atoms in total. The lowest BCUT2D eigenvalue weighted by Crippen LogP contribution is -2.50. The molecular formula is C16H21ClN2O3S. The van der Waals surface area contributed by atoms with Gasteiger partial charge in [-0.25, -0.2) is 13.2 Å². The fourth-order valence-electron chi connectivity index (χ4n) is 3.58. The molecule has 1 atom stereocenters. The highest BCUT2D eigenvalue weighted by Crippen LogP contribution is 2.40. The number of carbonyl (C=O) groups is 1. The number of amides is 2. The van der Waals surface area contributed by atoms with E-state index in [1.807, 2.05) is 12.1 Å². The van der Waals surface area contributed by atoms with Crippen LogP contribution < -0.4 is 5.32 Å². The summed E-state index contributed by atoms with van der Waals surface area (Å²) in [6, 6.07) is 7.22. The predicted octanol–water partition coefficient (Wildman–Crippen LogP) is 2.45. The van der Waals surface area contributed by atoms with Crippen LogP contribution in [0.4, 0.5) is 4.79 Å². The van der Waals surface area contributed by atoms with E-state index < -0.39 is 9.84 Å². The third-order valence-electron chi connectivity index (χ3n) is 4.78. The first kappa shape index (κ1) is 16.6. The third-order valence-corrected chi connectivity index (χ3v) is 6.91. The first-order valence-electron chi connectivity index (χ1n) is 7.85. The molecule has 1 aromatic rings. The van der Waals surface area contributed by atoms with E-state index in [0.717, 1.165) is 18.4 Å². The van der Waals surface area contributed by atoms with Gasteiger partial charge in [-0.05, 0) is 37.0 Å². The highest BCUT2D eigenvalue weighted by atomic mass is 35.5. The topological polar surface area (TPSA) is 66.5 Å². The second kappa shape index (κ2) is 6.32. The summed E-state index contributed by atoms with van der Waals surface area (Å²) in [6.45, 7) is 1.67. The van der Waals surface area contributed by atoms with Crippen molar-refractivity contribution >= 4 is 27.5 Å². The molecule has 0 radical (unpaired) electrons. The van der Waals surface area contributed by atoms with Crippen LogP contribution in [0.5, 0.6) is 0 Å². The van der Waals surface area contributed by atoms with E-state index in [2.05, 4.69) is 5.32 Å². The molecule has 1 N–H and O–H groups in total. The molecule has 2 heterocycles. The Morgan fingerprint density at radius 2 is 2.00 bits per heavy atom. The van der Waals surface area contributed by atoms with E-state index in [1.165, 1.54) is 0 Å². The normalized spacial score (nSPS) is 26.4. The van der Waals surface area contributed by atoms with Gasteiger partial charge >= 0.3 is 6.03 Å². The maximum Gasteiger partial charge on any atom is 0.317 e. The second-order valence-corrected chi connectivity index (χ2v) is 9.27. The molecule has 1 spiro atoms. The Balaban J connectivity index is 1.58. The minimum absolute atomic E-state index is 0.122. The lowest BCUT2D eigenvalue weighted by Gasteiger charge is -2.39. The Morgan fingerprint density at radius 3 is 2.65 bits per heavy atom. The fraction of sp³-hybridized carbons (Fsp3) is 0.562. The SMILES string of the molecule is O=C(NCc1ccc(Cl)cc1)N1CCCC2(CCS(=O)(=O)C2)C1. The fourth-order valence-corrected chi connectivity index (χ4v) is 5.91. The van der Waals surface area contributed by atoms with Crippen molar-refractivity contribution < 1.29 is 13.2 Å². The van der Waals surface area contributed by atoms with Crippen LogP contribution in [-0.4, -0.2) is 43.9 Å². The maximum atomic E-state index is 12.4. The summed E-state index contributed by atoms with van der Waals surface area (Å²) in [4.78, 5) is 14.1. The minimum Gasteiger partial charge on any atom is -0.334 e. The highest BCUT2D eigenvalue weighted by molar-refractivity contribution is 7.91. The lowest BCUT2D eigenvalue weighted by atomic mass is 9.80. The third kappa shape index (κ3) is 3.98. The van der Waals surface area contributed by atoms with Gasteiger partial charge in [0, 0.05) is 30.1 Å². The number of hydrogen-bond donors (Lipinski definition) is 1. The molecule has 2 aliphatic rings. The van der Waals surface area contributed by atoms with Gasteiger partial charge in [-0.2, -0.15) is 0 Å². The van der Waals surface area contributed by atoms with Gasteiger partial charge < -0.3 is 10.2 Å². The van der Waals surface area contributed by atoms with Crippen LogP contribution in [-0.2, 0) is 16.4 Å². The van der Waals surface area contributed by atoms with Crippen molar-refractivity contribution in [1.29, 1.82) is 0 Å². The zero-order chi connectivity index (χ0) is 16.5. The monoisotopic (exact) mass is 356 g/mol. The smallest absolute Gasteiger partial charge is 0.317 e. The minimum atomic E-state index is -2.93. The predicted molar refractivity (Wildman–Crippen MR) is 90.2 cm³/mol. The van der Waals surface area contributed by atoms with Crippen LogP contribution in [0.15, 0.2) is 24.3 Å². The van der Waals surface area contributed by atoms with Crippen molar-refractivity contribution in [2.75, 3.05) is 24.6 Å². The summed E-state index contributed by atoms with van der Waals surface area (Å²) in [5, 5.41) is 3.58. The number of halogens is 1. The maximum absolute atomic E-state index is 12.4. The number of nitrogens with zero attached hydrogens (tertiary/aromatic N) is 1. The number of urea groups is 1. The van der Waals surface area contributed by atoms with Crippen LogP contribution in [0.1, 0.15) is 24.8 Å². The van der Waals surface area contributed by atoms with Crippen LogP contribution in [0.25, 0.3) is 0 Å². The highest BCUT2D eigenvalue weighted by Gasteiger charge is 2.45. The number of carbonyl (C=O) groups excluding carboxylic acids is 1. The molecule has 0 aromatic heterocycles. The Hall–Kier alpha value is -1.27. The largest absolute Gasteiger partial charge is 0.334 e. The first-order chi connectivity index (χ1) is 10.9. The van der Waals surface area contributed by atoms with Crippen LogP contribution >= 0.6 is 11.6 Å². The Kier molecular flexibility index (Phi) is 4.56. The van der Waals surface area contributed by atoms with Crippen LogP contribution in [0.2, 0.25) is 5.02 Å². The van der Waals surface area contributed by atoms with E-state index in [1.54, 1.807) is 17.0 Å². The number of benzene rings is 1. The Morgan fingerprint density at radius 1 is 1.26 bits per heavy atom. The molecule has 0 saturated carbocycles. The van der Waals surface area contributed by atoms with Crippen molar-refractivity contribution in [3.05, 3.63) is 34.9 Å². The van der Waals surface area contributed by atoms with Crippen LogP contribution in [0, 0.1) is 5.41 Å². The standard InChI is InChI=1S/C16H21ClN2O3S/c17-14-4-2-13(3-5-14)10-18-15(20)19-8-1-6-16(11-19)7-9-23(21,22)12-16/h2-5H,1,6-12H2,(H,18,20). The molecular weight excluding hydrogens is 336 g/mol. The molecule has 2 aliphatic heterocycles. The van der Waals surface area contributed by atoms with Gasteiger partial charge in [-0.15, -0.1) is 0 Å². The van der Waals surface area contributed by atoms with Gasteiger partial charge in [-0.3, -0.25) is 0 Å². The molecule has 2 saturated heterocycles. The van der Waals surface area contributed by atoms with E-state index in [9.17, 15) is 13.2 Å². The zero-order valence-electron chi connectivity index (χ0n) is 12.9. The summed E-state index contributed by atoms with van der Waals surface area (Å²) in [5.41, 5.74) is 0.757. The second-order valence-electron chi connectivity index (χ2n) is 6.65. The molecule has 0 aliphatic carbocycles. The molecule has 23 heavy (non-hydrogen) atoms. The number of hydrogen-bond acceptors (Lipinski definition) is 3. The lowest BCUT2D eigenvalue weighted by molar-refractivity contribution is 0.121. The average Bonchev–Trinajstić information content (AvgIpc) is 2.81. The molecule has 126 valence electrons. The van der Waals surface area contributed by atoms with Gasteiger partial charge in [0.15, 0.2) is 9.84 Å². The summed E-state index contributed by atoms with van der Waals surface area (Å²) < 4.78 is 23.6. The summed E-state index contributed by atoms with van der Waals surface area (Å²) in [5.74, 6) is 0.480. The van der Waals surface area contributed by atoms with Gasteiger partial charge in [0.2, 0.25) is 0 Å². The Labute approximate surface area is 141 Å². The number of nitrogens with one attached hydrogen (secondary N) is 1. The van der Waals surface area contributed by atoms with E-state index >= 15 is 0 Å². The van der Waals surface area contributed by atoms with E-state index in [4.69, 9.17) is 11.6 Å². The molecule has 0 bridgehead atoms. The van der Waals surface area contributed by atoms with Crippen molar-refractivity contribution in [2.45, 2.75) is 25.8 Å². The number of piperidine rings is 1. The average molecular weight is 357 g/mol. The zero-order valence-corrected chi connectivity index (χ0v) is 14.5. The van der Waals surface area contributed by atoms with Crippen molar-refractivity contribution in [1.82, 2.24) is 10.2 Å². The van der Waals surface area contributed by atoms with E-state index in [-0.39, 0.29) is 23.0 Å². The van der Waals surface area contributed by atoms with Gasteiger partial charge in [0.05, 0.1) is 11.5 Å². The summed E-state index contributed by atoms with van der Waals surface area (Å²) in [7, 11) is -2.93. The quantitative estimate of drug-likeness (QED) is 0.885. The van der Waals surface area contributed by atoms with Crippen molar-refractivity contribution in [3.8, 4) is 0 Å². The van der Waals surface area contributed by atoms with Crippen LogP contribution in [0.3, 0.4) is 0 Å². The van der Waals surface area contributed by atoms with Gasteiger partial charge in [-0.1, -0.05) is 23.7 Å². The molecule has 7 heteroatoms. The number of rotatable bonds is 2. The first-order valence-corrected chi connectivity index (χ1v) is 10.1.